The van der Waals surface area contributed by atoms with Crippen molar-refractivity contribution < 1.29 is 5.11 Å². The number of aliphatic hydroxyl groups excluding tert-OH is 1. The molecule has 0 radical (unpaired) electrons. The number of nitrogens with one attached hydrogen (secondary N) is 1. The minimum atomic E-state index is -0.532. The summed E-state index contributed by atoms with van der Waals surface area (Å²) >= 11 is 6.22. The number of aromatic nitrogens is 1. The molecule has 4 heteroatoms. The molecule has 0 bridgehead atoms. The van der Waals surface area contributed by atoms with Crippen LogP contribution in [0, 0.1) is 13.8 Å². The number of benzene rings is 2. The van der Waals surface area contributed by atoms with Crippen LogP contribution >= 0.6 is 11.6 Å². The van der Waals surface area contributed by atoms with Gasteiger partial charge in [0.25, 0.3) is 0 Å². The van der Waals surface area contributed by atoms with Crippen molar-refractivity contribution in [3.05, 3.63) is 75.9 Å². The number of fused-ring (bicyclic) bond motifs is 1. The first kappa shape index (κ1) is 16.9. The third-order valence-electron chi connectivity index (χ3n) is 4.08. The average molecular weight is 341 g/mol. The van der Waals surface area contributed by atoms with Gasteiger partial charge in [-0.3, -0.25) is 4.98 Å². The quantitative estimate of drug-likeness (QED) is 0.726. The van der Waals surface area contributed by atoms with Crippen molar-refractivity contribution in [3.8, 4) is 0 Å². The van der Waals surface area contributed by atoms with Crippen molar-refractivity contribution in [3.63, 3.8) is 0 Å². The molecule has 124 valence electrons. The smallest absolute Gasteiger partial charge is 0.0914 e. The second-order valence-electron chi connectivity index (χ2n) is 6.17. The first-order valence-corrected chi connectivity index (χ1v) is 8.41. The lowest BCUT2D eigenvalue weighted by Gasteiger charge is -2.14. The van der Waals surface area contributed by atoms with E-state index in [-0.39, 0.29) is 0 Å². The molecule has 3 aromatic rings. The summed E-state index contributed by atoms with van der Waals surface area (Å²) in [5, 5.41) is 15.4. The maximum Gasteiger partial charge on any atom is 0.0914 e. The minimum absolute atomic E-state index is 0.486. The summed E-state index contributed by atoms with van der Waals surface area (Å²) in [6.45, 7) is 5.21. The summed E-state index contributed by atoms with van der Waals surface area (Å²) in [6.07, 6.45) is 1.24. The van der Waals surface area contributed by atoms with Crippen molar-refractivity contribution in [2.75, 3.05) is 6.54 Å². The zero-order chi connectivity index (χ0) is 17.1. The van der Waals surface area contributed by atoms with Crippen molar-refractivity contribution in [2.24, 2.45) is 0 Å². The van der Waals surface area contributed by atoms with Gasteiger partial charge in [0.2, 0.25) is 0 Å². The van der Waals surface area contributed by atoms with E-state index in [1.807, 2.05) is 50.2 Å². The van der Waals surface area contributed by atoms with Crippen LogP contribution in [0.25, 0.3) is 10.9 Å². The number of hydrogen-bond acceptors (Lipinski definition) is 3. The van der Waals surface area contributed by atoms with E-state index < -0.39 is 6.10 Å². The number of hydrogen-bond donors (Lipinski definition) is 2. The standard InChI is InChI=1S/C20H21ClN2O/c1-13-8-14(2)10-16(9-13)19(24)12-22-11-15-5-6-18(21)17-4-3-7-23-20(15)17/h3-10,19,22,24H,11-12H2,1-2H3. The molecule has 2 N–H and O–H groups in total. The highest BCUT2D eigenvalue weighted by Gasteiger charge is 2.10. The van der Waals surface area contributed by atoms with Gasteiger partial charge >= 0.3 is 0 Å². The number of aliphatic hydroxyl groups is 1. The molecule has 0 fully saturated rings. The van der Waals surface area contributed by atoms with Crippen molar-refractivity contribution in [1.82, 2.24) is 10.3 Å². The van der Waals surface area contributed by atoms with Gasteiger partial charge in [-0.1, -0.05) is 47.0 Å². The Morgan fingerprint density at radius 3 is 2.62 bits per heavy atom. The van der Waals surface area contributed by atoms with E-state index >= 15 is 0 Å². The van der Waals surface area contributed by atoms with E-state index in [1.54, 1.807) is 6.20 Å². The van der Waals surface area contributed by atoms with Crippen LogP contribution in [0.15, 0.2) is 48.7 Å². The molecule has 1 atom stereocenters. The molecular weight excluding hydrogens is 320 g/mol. The number of aryl methyl sites for hydroxylation is 2. The van der Waals surface area contributed by atoms with Crippen LogP contribution in [0.2, 0.25) is 5.02 Å². The van der Waals surface area contributed by atoms with E-state index in [1.165, 1.54) is 0 Å². The molecule has 0 spiro atoms. The molecule has 3 nitrogen and oxygen atoms in total. The lowest BCUT2D eigenvalue weighted by atomic mass is 10.0. The van der Waals surface area contributed by atoms with Gasteiger partial charge in [0.15, 0.2) is 0 Å². The summed E-state index contributed by atoms with van der Waals surface area (Å²) in [4.78, 5) is 4.43. The van der Waals surface area contributed by atoms with Gasteiger partial charge in [-0.2, -0.15) is 0 Å². The zero-order valence-electron chi connectivity index (χ0n) is 13.9. The predicted molar refractivity (Wildman–Crippen MR) is 99.3 cm³/mol. The summed E-state index contributed by atoms with van der Waals surface area (Å²) < 4.78 is 0. The molecular formula is C20H21ClN2O. The van der Waals surface area contributed by atoms with Gasteiger partial charge < -0.3 is 10.4 Å². The maximum absolute atomic E-state index is 10.4. The van der Waals surface area contributed by atoms with E-state index in [0.29, 0.717) is 18.1 Å². The molecule has 1 aromatic heterocycles. The highest BCUT2D eigenvalue weighted by Crippen LogP contribution is 2.24. The summed E-state index contributed by atoms with van der Waals surface area (Å²) in [7, 11) is 0. The summed E-state index contributed by atoms with van der Waals surface area (Å²) in [5.74, 6) is 0. The second-order valence-corrected chi connectivity index (χ2v) is 6.58. The fourth-order valence-corrected chi connectivity index (χ4v) is 3.22. The van der Waals surface area contributed by atoms with Gasteiger partial charge in [0.1, 0.15) is 0 Å². The Labute approximate surface area is 147 Å². The molecule has 2 aromatic carbocycles. The highest BCUT2D eigenvalue weighted by atomic mass is 35.5. The van der Waals surface area contributed by atoms with Crippen molar-refractivity contribution in [1.29, 1.82) is 0 Å². The first-order valence-electron chi connectivity index (χ1n) is 8.03. The molecule has 3 rings (SSSR count). The van der Waals surface area contributed by atoms with Crippen LogP contribution < -0.4 is 5.32 Å². The van der Waals surface area contributed by atoms with Gasteiger partial charge in [-0.25, -0.2) is 0 Å². The Bertz CT molecular complexity index is 843. The third-order valence-corrected chi connectivity index (χ3v) is 4.41. The fraction of sp³-hybridized carbons (Fsp3) is 0.250. The van der Waals surface area contributed by atoms with Crippen LogP contribution in [0.4, 0.5) is 0 Å². The second kappa shape index (κ2) is 7.31. The van der Waals surface area contributed by atoms with Crippen molar-refractivity contribution >= 4 is 22.5 Å². The Morgan fingerprint density at radius 2 is 1.88 bits per heavy atom. The monoisotopic (exact) mass is 340 g/mol. The molecule has 1 unspecified atom stereocenters. The molecule has 24 heavy (non-hydrogen) atoms. The first-order chi connectivity index (χ1) is 11.5. The van der Waals surface area contributed by atoms with E-state index in [2.05, 4.69) is 16.4 Å². The van der Waals surface area contributed by atoms with Gasteiger partial charge in [-0.05, 0) is 43.2 Å². The van der Waals surface area contributed by atoms with Gasteiger partial charge in [0.05, 0.1) is 11.6 Å². The summed E-state index contributed by atoms with van der Waals surface area (Å²) in [6, 6.07) is 13.9. The number of halogens is 1. The van der Waals surface area contributed by atoms with Crippen LogP contribution in [-0.2, 0) is 6.54 Å². The third kappa shape index (κ3) is 3.75. The lowest BCUT2D eigenvalue weighted by Crippen LogP contribution is -2.21. The molecule has 0 saturated heterocycles. The van der Waals surface area contributed by atoms with Crippen LogP contribution in [-0.4, -0.2) is 16.6 Å². The van der Waals surface area contributed by atoms with E-state index in [9.17, 15) is 5.11 Å². The minimum Gasteiger partial charge on any atom is -0.387 e. The van der Waals surface area contributed by atoms with E-state index in [4.69, 9.17) is 11.6 Å². The number of nitrogens with zero attached hydrogens (tertiary/aromatic N) is 1. The Kier molecular flexibility index (Phi) is 5.14. The summed E-state index contributed by atoms with van der Waals surface area (Å²) in [5.41, 5.74) is 5.24. The lowest BCUT2D eigenvalue weighted by molar-refractivity contribution is 0.174. The predicted octanol–water partition coefficient (Wildman–Crippen LogP) is 4.33. The average Bonchev–Trinajstić information content (AvgIpc) is 2.56. The molecule has 1 heterocycles. The fourth-order valence-electron chi connectivity index (χ4n) is 3.00. The zero-order valence-corrected chi connectivity index (χ0v) is 14.6. The Morgan fingerprint density at radius 1 is 1.12 bits per heavy atom. The van der Waals surface area contributed by atoms with E-state index in [0.717, 1.165) is 33.2 Å². The Balaban J connectivity index is 1.69. The normalized spacial score (nSPS) is 12.5. The highest BCUT2D eigenvalue weighted by molar-refractivity contribution is 6.35. The molecule has 0 amide bonds. The maximum atomic E-state index is 10.4. The van der Waals surface area contributed by atoms with Crippen LogP contribution in [0.5, 0.6) is 0 Å². The van der Waals surface area contributed by atoms with Crippen LogP contribution in [0.1, 0.15) is 28.4 Å². The molecule has 0 aliphatic rings. The molecule has 0 aliphatic heterocycles. The largest absolute Gasteiger partial charge is 0.387 e. The van der Waals surface area contributed by atoms with Crippen LogP contribution in [0.3, 0.4) is 0 Å². The molecule has 0 saturated carbocycles. The molecule has 0 aliphatic carbocycles. The number of pyridine rings is 1. The topological polar surface area (TPSA) is 45.1 Å². The SMILES string of the molecule is Cc1cc(C)cc(C(O)CNCc2ccc(Cl)c3cccnc23)c1. The number of rotatable bonds is 5. The Hall–Kier alpha value is -1.94. The van der Waals surface area contributed by atoms with Gasteiger partial charge in [0, 0.05) is 29.7 Å². The van der Waals surface area contributed by atoms with Gasteiger partial charge in [-0.15, -0.1) is 0 Å². The van der Waals surface area contributed by atoms with Crippen molar-refractivity contribution in [2.45, 2.75) is 26.5 Å².